The van der Waals surface area contributed by atoms with Crippen LogP contribution < -0.4 is 10.6 Å². The monoisotopic (exact) mass is 569 g/mol. The molecule has 1 saturated heterocycles. The van der Waals surface area contributed by atoms with Crippen molar-refractivity contribution in [2.24, 2.45) is 5.92 Å². The van der Waals surface area contributed by atoms with Crippen molar-refractivity contribution in [1.82, 2.24) is 24.2 Å². The number of nitrogens with zero attached hydrogens (tertiary/aromatic N) is 5. The Hall–Kier alpha value is -4.02. The van der Waals surface area contributed by atoms with Crippen molar-refractivity contribution in [3.05, 3.63) is 65.6 Å². The highest BCUT2D eigenvalue weighted by atomic mass is 32.2. The van der Waals surface area contributed by atoms with E-state index in [1.807, 2.05) is 13.0 Å². The number of nitrogens with one attached hydrogen (secondary N) is 2. The standard InChI is InChI=1S/C27H26F3N7O2S/c1-16-3-5-21(6-4-16)40(38,39)37-15-23(22-11-20(27(28,29)30)14-33-25(22)37)24-19(12-31)13-34-26(36-24)35-17(2)18-7-9-32-10-8-18/h3-6,11,13-15,17-18,32H,7-10H2,1-2H3,(H,34,35,36). The molecular formula is C27H26F3N7O2S. The van der Waals surface area contributed by atoms with Crippen LogP contribution in [0, 0.1) is 24.2 Å². The van der Waals surface area contributed by atoms with Crippen molar-refractivity contribution in [3.8, 4) is 17.3 Å². The molecule has 208 valence electrons. The average molecular weight is 570 g/mol. The minimum Gasteiger partial charge on any atom is -0.351 e. The van der Waals surface area contributed by atoms with Crippen LogP contribution in [0.25, 0.3) is 22.3 Å². The quantitative estimate of drug-likeness (QED) is 0.342. The Balaban J connectivity index is 1.68. The Kier molecular flexibility index (Phi) is 7.24. The van der Waals surface area contributed by atoms with Crippen molar-refractivity contribution in [3.63, 3.8) is 0 Å². The third-order valence-corrected chi connectivity index (χ3v) is 8.79. The number of benzene rings is 1. The summed E-state index contributed by atoms with van der Waals surface area (Å²) in [6.45, 7) is 5.58. The largest absolute Gasteiger partial charge is 0.417 e. The molecule has 0 radical (unpaired) electrons. The van der Waals surface area contributed by atoms with Crippen LogP contribution in [0.2, 0.25) is 0 Å². The third kappa shape index (κ3) is 5.24. The predicted molar refractivity (Wildman–Crippen MR) is 143 cm³/mol. The van der Waals surface area contributed by atoms with E-state index >= 15 is 0 Å². The van der Waals surface area contributed by atoms with Crippen LogP contribution in [0.15, 0.2) is 53.8 Å². The van der Waals surface area contributed by atoms with Gasteiger partial charge >= 0.3 is 6.18 Å². The van der Waals surface area contributed by atoms with Gasteiger partial charge in [-0.25, -0.2) is 27.3 Å². The molecule has 0 bridgehead atoms. The van der Waals surface area contributed by atoms with Gasteiger partial charge in [0.25, 0.3) is 10.0 Å². The molecule has 1 aromatic carbocycles. The van der Waals surface area contributed by atoms with E-state index in [-0.39, 0.29) is 44.7 Å². The first-order valence-corrected chi connectivity index (χ1v) is 14.1. The topological polar surface area (TPSA) is 126 Å². The van der Waals surface area contributed by atoms with Gasteiger partial charge in [-0.3, -0.25) is 0 Å². The maximum atomic E-state index is 13.7. The Bertz CT molecular complexity index is 1710. The average Bonchev–Trinajstić information content (AvgIpc) is 3.33. The molecule has 1 aliphatic rings. The van der Waals surface area contributed by atoms with Gasteiger partial charge in [0, 0.05) is 29.4 Å². The zero-order chi connectivity index (χ0) is 28.7. The van der Waals surface area contributed by atoms with Crippen molar-refractivity contribution < 1.29 is 21.6 Å². The SMILES string of the molecule is Cc1ccc(S(=O)(=O)n2cc(-c3nc(NC(C)C4CCNCC4)ncc3C#N)c3cc(C(F)(F)F)cnc32)cc1. The first kappa shape index (κ1) is 27.5. The molecule has 4 aromatic rings. The van der Waals surface area contributed by atoms with Gasteiger partial charge in [0.05, 0.1) is 27.9 Å². The molecule has 13 heteroatoms. The lowest BCUT2D eigenvalue weighted by atomic mass is 9.91. The highest BCUT2D eigenvalue weighted by molar-refractivity contribution is 7.90. The maximum absolute atomic E-state index is 13.7. The number of anilines is 1. The fraction of sp³-hybridized carbons (Fsp3) is 0.333. The second kappa shape index (κ2) is 10.5. The van der Waals surface area contributed by atoms with Crippen LogP contribution in [-0.2, 0) is 16.2 Å². The lowest BCUT2D eigenvalue weighted by molar-refractivity contribution is -0.137. The molecule has 1 unspecified atom stereocenters. The number of nitriles is 1. The summed E-state index contributed by atoms with van der Waals surface area (Å²) in [4.78, 5) is 12.6. The number of rotatable bonds is 6. The minimum absolute atomic E-state index is 0.00138. The van der Waals surface area contributed by atoms with Crippen LogP contribution in [0.5, 0.6) is 0 Å². The predicted octanol–water partition coefficient (Wildman–Crippen LogP) is 4.73. The maximum Gasteiger partial charge on any atom is 0.417 e. The van der Waals surface area contributed by atoms with Crippen LogP contribution in [0.1, 0.15) is 36.5 Å². The molecule has 2 N–H and O–H groups in total. The van der Waals surface area contributed by atoms with Gasteiger partial charge in [-0.1, -0.05) is 17.7 Å². The Morgan fingerprint density at radius 3 is 2.50 bits per heavy atom. The Morgan fingerprint density at radius 2 is 1.85 bits per heavy atom. The van der Waals surface area contributed by atoms with Gasteiger partial charge in [-0.15, -0.1) is 0 Å². The number of hydrogen-bond donors (Lipinski definition) is 2. The molecule has 0 amide bonds. The number of aromatic nitrogens is 4. The van der Waals surface area contributed by atoms with E-state index in [1.54, 1.807) is 19.1 Å². The van der Waals surface area contributed by atoms with Gasteiger partial charge < -0.3 is 10.6 Å². The highest BCUT2D eigenvalue weighted by Crippen LogP contribution is 2.37. The molecule has 5 rings (SSSR count). The molecule has 4 heterocycles. The summed E-state index contributed by atoms with van der Waals surface area (Å²) in [6, 6.07) is 8.85. The van der Waals surface area contributed by atoms with E-state index in [2.05, 4.69) is 25.6 Å². The number of halogens is 3. The summed E-state index contributed by atoms with van der Waals surface area (Å²) in [6.07, 6.45) is 0.207. The van der Waals surface area contributed by atoms with Crippen molar-refractivity contribution >= 4 is 27.0 Å². The van der Waals surface area contributed by atoms with Crippen LogP contribution in [-0.4, -0.2) is 46.5 Å². The summed E-state index contributed by atoms with van der Waals surface area (Å²) >= 11 is 0. The molecule has 9 nitrogen and oxygen atoms in total. The van der Waals surface area contributed by atoms with E-state index < -0.39 is 21.8 Å². The smallest absolute Gasteiger partial charge is 0.351 e. The molecule has 1 aliphatic heterocycles. The Labute approximate surface area is 229 Å². The lowest BCUT2D eigenvalue weighted by Gasteiger charge is -2.28. The minimum atomic E-state index is -4.73. The van der Waals surface area contributed by atoms with E-state index in [9.17, 15) is 26.9 Å². The van der Waals surface area contributed by atoms with Gasteiger partial charge in [-0.05, 0) is 63.9 Å². The molecule has 1 fully saturated rings. The first-order chi connectivity index (χ1) is 19.0. The lowest BCUT2D eigenvalue weighted by Crippen LogP contribution is -2.36. The third-order valence-electron chi connectivity index (χ3n) is 7.13. The zero-order valence-corrected chi connectivity index (χ0v) is 22.5. The van der Waals surface area contributed by atoms with E-state index in [0.717, 1.165) is 47.7 Å². The first-order valence-electron chi connectivity index (χ1n) is 12.6. The number of alkyl halides is 3. The summed E-state index contributed by atoms with van der Waals surface area (Å²) < 4.78 is 69.1. The molecule has 0 spiro atoms. The van der Waals surface area contributed by atoms with Gasteiger partial charge in [-0.2, -0.15) is 18.4 Å². The molecule has 1 atom stereocenters. The molecule has 40 heavy (non-hydrogen) atoms. The number of hydrogen-bond acceptors (Lipinski definition) is 8. The number of piperidine rings is 1. The number of aryl methyl sites for hydroxylation is 1. The van der Waals surface area contributed by atoms with E-state index in [1.165, 1.54) is 18.3 Å². The number of fused-ring (bicyclic) bond motifs is 1. The van der Waals surface area contributed by atoms with Crippen molar-refractivity contribution in [2.45, 2.75) is 43.8 Å². The van der Waals surface area contributed by atoms with Crippen LogP contribution in [0.4, 0.5) is 19.1 Å². The fourth-order valence-corrected chi connectivity index (χ4v) is 6.16. The van der Waals surface area contributed by atoms with Gasteiger partial charge in [0.15, 0.2) is 5.65 Å². The summed E-state index contributed by atoms with van der Waals surface area (Å²) in [5.74, 6) is 0.534. The highest BCUT2D eigenvalue weighted by Gasteiger charge is 2.33. The van der Waals surface area contributed by atoms with Crippen molar-refractivity contribution in [1.29, 1.82) is 5.26 Å². The summed E-state index contributed by atoms with van der Waals surface area (Å²) in [7, 11) is -4.26. The molecule has 0 saturated carbocycles. The number of pyridine rings is 1. The van der Waals surface area contributed by atoms with Crippen molar-refractivity contribution in [2.75, 3.05) is 18.4 Å². The zero-order valence-electron chi connectivity index (χ0n) is 21.7. The second-order valence-corrected chi connectivity index (χ2v) is 11.7. The molecular weight excluding hydrogens is 543 g/mol. The molecule has 3 aromatic heterocycles. The normalized spacial score (nSPS) is 15.6. The second-order valence-electron chi connectivity index (χ2n) is 9.84. The Morgan fingerprint density at radius 1 is 1.15 bits per heavy atom. The van der Waals surface area contributed by atoms with E-state index in [0.29, 0.717) is 12.1 Å². The van der Waals surface area contributed by atoms with Crippen LogP contribution >= 0.6 is 0 Å². The van der Waals surface area contributed by atoms with E-state index in [4.69, 9.17) is 0 Å². The summed E-state index contributed by atoms with van der Waals surface area (Å²) in [5, 5.41) is 16.2. The van der Waals surface area contributed by atoms with Crippen LogP contribution in [0.3, 0.4) is 0 Å². The fourth-order valence-electron chi connectivity index (χ4n) is 4.83. The summed E-state index contributed by atoms with van der Waals surface area (Å²) in [5.41, 5.74) is -0.448. The van der Waals surface area contributed by atoms with Gasteiger partial charge in [0.2, 0.25) is 5.95 Å². The molecule has 0 aliphatic carbocycles. The van der Waals surface area contributed by atoms with Gasteiger partial charge in [0.1, 0.15) is 6.07 Å².